The zero-order valence-corrected chi connectivity index (χ0v) is 18.0. The maximum absolute atomic E-state index is 9.70. The minimum Gasteiger partial charge on any atom is -0.423 e. The van der Waals surface area contributed by atoms with Crippen LogP contribution in [0.3, 0.4) is 0 Å². The molecule has 0 heterocycles. The van der Waals surface area contributed by atoms with E-state index in [4.69, 9.17) is 0 Å². The third kappa shape index (κ3) is 4.12. The molecule has 0 aliphatic carbocycles. The molecule has 0 spiro atoms. The zero-order chi connectivity index (χ0) is 21.1. The molecular weight excluding hydrogens is 389 g/mol. The quantitative estimate of drug-likeness (QED) is 0.245. The summed E-state index contributed by atoms with van der Waals surface area (Å²) in [6.07, 6.45) is 0.933. The molecule has 5 heteroatoms. The summed E-state index contributed by atoms with van der Waals surface area (Å²) in [7, 11) is 0.614. The fourth-order valence-electron chi connectivity index (χ4n) is 4.41. The van der Waals surface area contributed by atoms with Gasteiger partial charge in [-0.15, -0.1) is 0 Å². The molecule has 0 unspecified atom stereocenters. The van der Waals surface area contributed by atoms with Crippen molar-refractivity contribution in [2.24, 2.45) is 0 Å². The Morgan fingerprint density at radius 2 is 1.23 bits per heavy atom. The molecule has 0 bridgehead atoms. The van der Waals surface area contributed by atoms with Gasteiger partial charge in [0.2, 0.25) is 0 Å². The highest BCUT2D eigenvalue weighted by molar-refractivity contribution is 7.80. The first-order valence-electron chi connectivity index (χ1n) is 10.2. The van der Waals surface area contributed by atoms with E-state index in [1.807, 2.05) is 18.2 Å². The number of fused-ring (bicyclic) bond motifs is 2. The van der Waals surface area contributed by atoms with E-state index in [1.165, 1.54) is 32.7 Å². The van der Waals surface area contributed by atoms with Gasteiger partial charge in [0.15, 0.2) is 0 Å². The molecule has 3 nitrogen and oxygen atoms in total. The van der Waals surface area contributed by atoms with Gasteiger partial charge in [0.05, 0.1) is 0 Å². The van der Waals surface area contributed by atoms with Gasteiger partial charge in [0, 0.05) is 13.1 Å². The molecule has 0 saturated heterocycles. The smallest absolute Gasteiger partial charge is 0.423 e. The van der Waals surface area contributed by atoms with Crippen LogP contribution in [0.25, 0.3) is 21.5 Å². The summed E-state index contributed by atoms with van der Waals surface area (Å²) in [5.74, 6) is 0.813. The fourth-order valence-corrected chi connectivity index (χ4v) is 4.63. The van der Waals surface area contributed by atoms with Crippen LogP contribution in [0.2, 0.25) is 0 Å². The molecule has 30 heavy (non-hydrogen) atoms. The fraction of sp³-hybridized carbons (Fsp3) is 0.200. The lowest BCUT2D eigenvalue weighted by molar-refractivity contribution is 0.321. The first-order valence-corrected chi connectivity index (χ1v) is 10.9. The molecule has 0 aromatic heterocycles. The molecule has 0 saturated carbocycles. The van der Waals surface area contributed by atoms with Gasteiger partial charge in [-0.3, -0.25) is 4.90 Å². The highest BCUT2D eigenvalue weighted by atomic mass is 32.1. The third-order valence-corrected chi connectivity index (χ3v) is 5.94. The number of thiol groups is 1. The maximum atomic E-state index is 9.70. The summed E-state index contributed by atoms with van der Waals surface area (Å²) in [4.78, 5) is 2.23. The largest absolute Gasteiger partial charge is 0.488 e. The Balaban J connectivity index is 1.78. The lowest BCUT2D eigenvalue weighted by Gasteiger charge is -2.22. The van der Waals surface area contributed by atoms with Gasteiger partial charge < -0.3 is 10.0 Å². The molecule has 4 aromatic carbocycles. The molecule has 4 aromatic rings. The second-order valence-corrected chi connectivity index (χ2v) is 8.21. The van der Waals surface area contributed by atoms with E-state index in [9.17, 15) is 10.0 Å². The van der Waals surface area contributed by atoms with Crippen LogP contribution in [0.1, 0.15) is 16.7 Å². The van der Waals surface area contributed by atoms with Crippen molar-refractivity contribution in [2.75, 3.05) is 12.8 Å². The van der Waals surface area contributed by atoms with Crippen molar-refractivity contribution in [3.63, 3.8) is 0 Å². The lowest BCUT2D eigenvalue weighted by Crippen LogP contribution is -2.35. The van der Waals surface area contributed by atoms with Crippen molar-refractivity contribution in [2.45, 2.75) is 19.5 Å². The van der Waals surface area contributed by atoms with Gasteiger partial charge in [0.25, 0.3) is 0 Å². The summed E-state index contributed by atoms with van der Waals surface area (Å²) in [5.41, 5.74) is 4.14. The Bertz CT molecular complexity index is 1120. The van der Waals surface area contributed by atoms with E-state index >= 15 is 0 Å². The van der Waals surface area contributed by atoms with Crippen LogP contribution in [0.5, 0.6) is 0 Å². The van der Waals surface area contributed by atoms with Crippen molar-refractivity contribution < 1.29 is 10.0 Å². The van der Waals surface area contributed by atoms with Crippen LogP contribution in [0.15, 0.2) is 72.8 Å². The second kappa shape index (κ2) is 9.23. The van der Waals surface area contributed by atoms with E-state index in [-0.39, 0.29) is 0 Å². The number of benzene rings is 4. The number of rotatable bonds is 7. The van der Waals surface area contributed by atoms with Crippen LogP contribution < -0.4 is 5.46 Å². The van der Waals surface area contributed by atoms with Crippen LogP contribution in [0, 0.1) is 0 Å². The van der Waals surface area contributed by atoms with Crippen LogP contribution in [-0.4, -0.2) is 34.9 Å². The minimum absolute atomic E-state index is 0.559. The molecular formula is C25H26BNO2S. The van der Waals surface area contributed by atoms with E-state index in [0.29, 0.717) is 12.0 Å². The Labute approximate surface area is 183 Å². The lowest BCUT2D eigenvalue weighted by atomic mass is 9.77. The maximum Gasteiger partial charge on any atom is 0.488 e. The molecule has 0 aliphatic rings. The van der Waals surface area contributed by atoms with Crippen molar-refractivity contribution in [3.8, 4) is 0 Å². The van der Waals surface area contributed by atoms with Gasteiger partial charge in [-0.25, -0.2) is 0 Å². The average Bonchev–Trinajstić information content (AvgIpc) is 2.76. The molecule has 4 rings (SSSR count). The highest BCUT2D eigenvalue weighted by Crippen LogP contribution is 2.34. The van der Waals surface area contributed by atoms with Gasteiger partial charge in [0.1, 0.15) is 0 Å². The van der Waals surface area contributed by atoms with E-state index in [0.717, 1.165) is 24.3 Å². The SMILES string of the molecule is CN(Cc1ccccc1B(O)O)Cc1c2ccccc2c(CCS)c2ccccc12. The molecule has 0 aliphatic heterocycles. The molecule has 2 N–H and O–H groups in total. The molecule has 0 radical (unpaired) electrons. The first-order chi connectivity index (χ1) is 14.6. The Hall–Kier alpha value is -2.31. The monoisotopic (exact) mass is 415 g/mol. The average molecular weight is 415 g/mol. The second-order valence-electron chi connectivity index (χ2n) is 7.77. The first kappa shape index (κ1) is 20.9. The van der Waals surface area contributed by atoms with Crippen LogP contribution in [-0.2, 0) is 19.5 Å². The third-order valence-electron chi connectivity index (χ3n) is 5.72. The van der Waals surface area contributed by atoms with Crippen molar-refractivity contribution in [1.82, 2.24) is 4.90 Å². The van der Waals surface area contributed by atoms with Crippen molar-refractivity contribution in [3.05, 3.63) is 89.5 Å². The summed E-state index contributed by atoms with van der Waals surface area (Å²) < 4.78 is 0. The number of aryl methyl sites for hydroxylation is 1. The van der Waals surface area contributed by atoms with E-state index in [1.54, 1.807) is 6.07 Å². The van der Waals surface area contributed by atoms with E-state index < -0.39 is 7.12 Å². The Morgan fingerprint density at radius 1 is 0.733 bits per heavy atom. The number of hydrogen-bond acceptors (Lipinski definition) is 4. The number of hydrogen-bond donors (Lipinski definition) is 3. The molecule has 0 amide bonds. The van der Waals surface area contributed by atoms with Gasteiger partial charge in [-0.1, -0.05) is 72.8 Å². The normalized spacial score (nSPS) is 11.5. The molecule has 152 valence electrons. The van der Waals surface area contributed by atoms with Crippen molar-refractivity contribution >= 4 is 46.8 Å². The van der Waals surface area contributed by atoms with Crippen molar-refractivity contribution in [1.29, 1.82) is 0 Å². The topological polar surface area (TPSA) is 43.7 Å². The predicted molar refractivity (Wildman–Crippen MR) is 130 cm³/mol. The van der Waals surface area contributed by atoms with Gasteiger partial charge in [-0.2, -0.15) is 12.6 Å². The van der Waals surface area contributed by atoms with E-state index in [2.05, 4.69) is 73.1 Å². The Morgan fingerprint density at radius 3 is 1.77 bits per heavy atom. The van der Waals surface area contributed by atoms with Gasteiger partial charge in [-0.05, 0) is 62.9 Å². The minimum atomic E-state index is -1.46. The summed E-state index contributed by atoms with van der Waals surface area (Å²) >= 11 is 4.50. The number of nitrogens with zero attached hydrogens (tertiary/aromatic N) is 1. The summed E-state index contributed by atoms with van der Waals surface area (Å²) in [6, 6.07) is 24.7. The Kier molecular flexibility index (Phi) is 6.45. The van der Waals surface area contributed by atoms with Gasteiger partial charge >= 0.3 is 7.12 Å². The zero-order valence-electron chi connectivity index (χ0n) is 17.1. The van der Waals surface area contributed by atoms with Crippen LogP contribution >= 0.6 is 12.6 Å². The molecule has 0 fully saturated rings. The predicted octanol–water partition coefficient (Wildman–Crippen LogP) is 3.78. The standard InChI is InChI=1S/C25H26BNO2S/c1-27(16-18-8-2-7-13-25(18)26(28)29)17-24-21-11-5-3-9-19(21)23(14-15-30)20-10-4-6-12-22(20)24/h2-13,28-30H,14-17H2,1H3. The summed E-state index contributed by atoms with van der Waals surface area (Å²) in [6.45, 7) is 1.40. The van der Waals surface area contributed by atoms with Crippen LogP contribution in [0.4, 0.5) is 0 Å². The highest BCUT2D eigenvalue weighted by Gasteiger charge is 2.18. The summed E-state index contributed by atoms with van der Waals surface area (Å²) in [5, 5.41) is 24.5. The molecule has 0 atom stereocenters.